The van der Waals surface area contributed by atoms with Crippen molar-refractivity contribution in [2.75, 3.05) is 0 Å². The molecule has 0 aliphatic heterocycles. The molecule has 0 fully saturated rings. The van der Waals surface area contributed by atoms with E-state index in [2.05, 4.69) is 48.8 Å². The molecular weight excluding hydrogens is 751 g/mol. The van der Waals surface area contributed by atoms with Crippen LogP contribution >= 0.6 is 0 Å². The Morgan fingerprint density at radius 2 is 0.587 bits per heavy atom. The van der Waals surface area contributed by atoms with E-state index in [-0.39, 0.29) is 20.1 Å². The molecule has 0 saturated carbocycles. The van der Waals surface area contributed by atoms with Gasteiger partial charge < -0.3 is 0 Å². The van der Waals surface area contributed by atoms with Crippen LogP contribution in [0.3, 0.4) is 0 Å². The van der Waals surface area contributed by atoms with Gasteiger partial charge >= 0.3 is 20.1 Å². The van der Waals surface area contributed by atoms with Crippen LogP contribution in [0.1, 0.15) is 0 Å². The molecule has 0 aliphatic carbocycles. The van der Waals surface area contributed by atoms with Crippen molar-refractivity contribution >= 4 is 33.1 Å². The van der Waals surface area contributed by atoms with Crippen molar-refractivity contribution in [1.82, 2.24) is 45.0 Å². The first-order valence-corrected chi connectivity index (χ1v) is 14.2. The molecule has 0 atom stereocenters. The molecule has 222 valence electrons. The number of aromatic nitrogens is 9. The van der Waals surface area contributed by atoms with Crippen LogP contribution in [0.4, 0.5) is 0 Å². The summed E-state index contributed by atoms with van der Waals surface area (Å²) in [6.07, 6.45) is 0. The van der Waals surface area contributed by atoms with Gasteiger partial charge in [-0.1, -0.05) is 54.6 Å². The van der Waals surface area contributed by atoms with Gasteiger partial charge in [-0.05, 0) is 36.4 Å². The van der Waals surface area contributed by atoms with E-state index in [0.717, 1.165) is 50.2 Å². The SMILES string of the molecule is [Ir+3].[c-]1ccc2nn(-c3ccccc3)nc2c1.[c-]1ccc2nn(-c3ccccc3)nc2c1.[c-]1ccc2nn(-c3ccccc3)nc2c1. The zero-order chi connectivity index (χ0) is 30.3. The minimum absolute atomic E-state index is 0. The second-order valence-electron chi connectivity index (χ2n) is 9.72. The summed E-state index contributed by atoms with van der Waals surface area (Å²) >= 11 is 0. The van der Waals surface area contributed by atoms with E-state index < -0.39 is 0 Å². The average molecular weight is 775 g/mol. The predicted octanol–water partition coefficient (Wildman–Crippen LogP) is 6.66. The van der Waals surface area contributed by atoms with Crippen LogP contribution in [-0.4, -0.2) is 45.0 Å². The van der Waals surface area contributed by atoms with E-state index in [1.165, 1.54) is 0 Å². The molecule has 0 N–H and O–H groups in total. The number of fused-ring (bicyclic) bond motifs is 3. The molecule has 0 aliphatic rings. The summed E-state index contributed by atoms with van der Waals surface area (Å²) in [5, 5.41) is 26.2. The first kappa shape index (κ1) is 30.2. The number of hydrogen-bond donors (Lipinski definition) is 0. The minimum atomic E-state index is 0. The largest absolute Gasteiger partial charge is 3.00 e. The maximum atomic E-state index is 4.37. The Balaban J connectivity index is 0.000000120. The Morgan fingerprint density at radius 3 is 0.848 bits per heavy atom. The molecule has 0 amide bonds. The summed E-state index contributed by atoms with van der Waals surface area (Å²) in [6, 6.07) is 55.3. The third-order valence-corrected chi connectivity index (χ3v) is 6.64. The van der Waals surface area contributed by atoms with Crippen LogP contribution < -0.4 is 0 Å². The third-order valence-electron chi connectivity index (χ3n) is 6.64. The molecule has 9 rings (SSSR count). The van der Waals surface area contributed by atoms with Crippen molar-refractivity contribution in [3.63, 3.8) is 0 Å². The van der Waals surface area contributed by atoms with Crippen molar-refractivity contribution in [3.8, 4) is 17.1 Å². The average Bonchev–Trinajstić information content (AvgIpc) is 3.87. The van der Waals surface area contributed by atoms with Crippen molar-refractivity contribution in [3.05, 3.63) is 164 Å². The van der Waals surface area contributed by atoms with Gasteiger partial charge in [0, 0.05) is 33.1 Å². The Labute approximate surface area is 278 Å². The van der Waals surface area contributed by atoms with Crippen LogP contribution in [0.15, 0.2) is 146 Å². The summed E-state index contributed by atoms with van der Waals surface area (Å²) in [6.45, 7) is 0. The zero-order valence-electron chi connectivity index (χ0n) is 24.2. The fraction of sp³-hybridized carbons (Fsp3) is 0. The third kappa shape index (κ3) is 6.94. The van der Waals surface area contributed by atoms with Crippen molar-refractivity contribution in [2.24, 2.45) is 0 Å². The van der Waals surface area contributed by atoms with Gasteiger partial charge in [0.25, 0.3) is 0 Å². The normalized spacial score (nSPS) is 10.4. The van der Waals surface area contributed by atoms with Gasteiger partial charge in [-0.15, -0.1) is 36.4 Å². The first-order valence-electron chi connectivity index (χ1n) is 14.2. The summed E-state index contributed by atoms with van der Waals surface area (Å²) in [5.41, 5.74) is 8.15. The first-order chi connectivity index (χ1) is 22.3. The zero-order valence-corrected chi connectivity index (χ0v) is 26.6. The van der Waals surface area contributed by atoms with Gasteiger partial charge in [0.05, 0.1) is 17.1 Å². The monoisotopic (exact) mass is 775 g/mol. The van der Waals surface area contributed by atoms with Crippen LogP contribution in [0.25, 0.3) is 50.2 Å². The van der Waals surface area contributed by atoms with E-state index >= 15 is 0 Å². The molecule has 0 saturated heterocycles. The van der Waals surface area contributed by atoms with Crippen LogP contribution in [0.2, 0.25) is 0 Å². The Morgan fingerprint density at radius 1 is 0.326 bits per heavy atom. The molecule has 9 nitrogen and oxygen atoms in total. The van der Waals surface area contributed by atoms with Gasteiger partial charge in [0.2, 0.25) is 0 Å². The number of benzene rings is 6. The van der Waals surface area contributed by atoms with Gasteiger partial charge in [-0.3, -0.25) is 0 Å². The quantitative estimate of drug-likeness (QED) is 0.187. The number of para-hydroxylation sites is 3. The molecule has 0 spiro atoms. The predicted molar refractivity (Wildman–Crippen MR) is 173 cm³/mol. The van der Waals surface area contributed by atoms with Gasteiger partial charge in [0.15, 0.2) is 0 Å². The Bertz CT molecular complexity index is 1920. The molecule has 46 heavy (non-hydrogen) atoms. The molecule has 3 aromatic heterocycles. The number of nitrogens with zero attached hydrogens (tertiary/aromatic N) is 9. The molecule has 6 aromatic carbocycles. The van der Waals surface area contributed by atoms with Gasteiger partial charge in [-0.25, -0.2) is 15.3 Å². The van der Waals surface area contributed by atoms with Crippen LogP contribution in [0.5, 0.6) is 0 Å². The summed E-state index contributed by atoms with van der Waals surface area (Å²) in [4.78, 5) is 4.91. The van der Waals surface area contributed by atoms with E-state index in [4.69, 9.17) is 0 Å². The fourth-order valence-electron chi connectivity index (χ4n) is 4.44. The summed E-state index contributed by atoms with van der Waals surface area (Å²) < 4.78 is 0. The smallest absolute Gasteiger partial charge is 0.215 e. The molecule has 0 radical (unpaired) electrons. The molecule has 3 heterocycles. The molecule has 0 unspecified atom stereocenters. The minimum Gasteiger partial charge on any atom is -0.215 e. The molecule has 9 aromatic rings. The van der Waals surface area contributed by atoms with Gasteiger partial charge in [0.1, 0.15) is 0 Å². The second kappa shape index (κ2) is 14.3. The van der Waals surface area contributed by atoms with Crippen LogP contribution in [-0.2, 0) is 20.1 Å². The molecular formula is C36H24IrN9. The van der Waals surface area contributed by atoms with Crippen molar-refractivity contribution < 1.29 is 20.1 Å². The van der Waals surface area contributed by atoms with E-state index in [0.29, 0.717) is 0 Å². The molecule has 0 bridgehead atoms. The Hall–Kier alpha value is -5.83. The van der Waals surface area contributed by atoms with E-state index in [9.17, 15) is 0 Å². The molecule has 10 heteroatoms. The Kier molecular flexibility index (Phi) is 9.39. The number of rotatable bonds is 3. The van der Waals surface area contributed by atoms with E-state index in [1.54, 1.807) is 14.4 Å². The van der Waals surface area contributed by atoms with Crippen molar-refractivity contribution in [2.45, 2.75) is 0 Å². The summed E-state index contributed by atoms with van der Waals surface area (Å²) in [5.74, 6) is 0. The van der Waals surface area contributed by atoms with Gasteiger partial charge in [-0.2, -0.15) is 66.1 Å². The van der Waals surface area contributed by atoms with Crippen LogP contribution in [0, 0.1) is 18.2 Å². The maximum Gasteiger partial charge on any atom is 3.00 e. The maximum absolute atomic E-state index is 4.37. The summed E-state index contributed by atoms with van der Waals surface area (Å²) in [7, 11) is 0. The topological polar surface area (TPSA) is 92.1 Å². The second-order valence-corrected chi connectivity index (χ2v) is 9.72. The van der Waals surface area contributed by atoms with Crippen molar-refractivity contribution in [1.29, 1.82) is 0 Å². The fourth-order valence-corrected chi connectivity index (χ4v) is 4.44. The standard InChI is InChI=1S/3C12H8N3.Ir/c3*1-2-6-10(7-3-1)15-13-11-8-4-5-9-12(11)14-15;/h3*1-4,6-9H;/q3*-1;+3. The van der Waals surface area contributed by atoms with E-state index in [1.807, 2.05) is 146 Å². The number of hydrogen-bond acceptors (Lipinski definition) is 6.